The minimum atomic E-state index is -3.39. The van der Waals surface area contributed by atoms with Gasteiger partial charge >= 0.3 is 0 Å². The second-order valence-corrected chi connectivity index (χ2v) is 4.68. The summed E-state index contributed by atoms with van der Waals surface area (Å²) in [5.41, 5.74) is 5.29. The first kappa shape index (κ1) is 10.1. The second kappa shape index (κ2) is 3.43. The van der Waals surface area contributed by atoms with E-state index in [0.29, 0.717) is 0 Å². The maximum Gasteiger partial charge on any atom is 0.175 e. The third kappa shape index (κ3) is 2.05. The van der Waals surface area contributed by atoms with Crippen molar-refractivity contribution >= 4 is 9.84 Å². The quantitative estimate of drug-likeness (QED) is 0.769. The van der Waals surface area contributed by atoms with Gasteiger partial charge in [0.1, 0.15) is 5.82 Å². The van der Waals surface area contributed by atoms with Crippen molar-refractivity contribution in [1.29, 1.82) is 0 Å². The molecule has 0 fully saturated rings. The van der Waals surface area contributed by atoms with Crippen LogP contribution in [-0.2, 0) is 16.4 Å². The zero-order valence-corrected chi connectivity index (χ0v) is 7.94. The molecule has 0 aliphatic carbocycles. The number of hydrogen-bond donors (Lipinski definition) is 1. The monoisotopic (exact) mass is 203 g/mol. The highest BCUT2D eigenvalue weighted by molar-refractivity contribution is 7.90. The Labute approximate surface area is 76.3 Å². The van der Waals surface area contributed by atoms with Crippen molar-refractivity contribution < 1.29 is 12.8 Å². The minimum Gasteiger partial charge on any atom is -0.326 e. The van der Waals surface area contributed by atoms with Crippen LogP contribution in [-0.4, -0.2) is 14.7 Å². The number of nitrogens with two attached hydrogens (primary N) is 1. The Hall–Kier alpha value is -0.940. The first-order chi connectivity index (χ1) is 5.96. The lowest BCUT2D eigenvalue weighted by Crippen LogP contribution is -2.08. The summed E-state index contributed by atoms with van der Waals surface area (Å²) in [6, 6.07) is 3.89. The van der Waals surface area contributed by atoms with Gasteiger partial charge in [0.05, 0.1) is 4.90 Å². The van der Waals surface area contributed by atoms with Crippen LogP contribution in [0.5, 0.6) is 0 Å². The minimum absolute atomic E-state index is 0.0324. The smallest absolute Gasteiger partial charge is 0.175 e. The van der Waals surface area contributed by atoms with Crippen LogP contribution in [0.3, 0.4) is 0 Å². The highest BCUT2D eigenvalue weighted by atomic mass is 32.2. The molecule has 0 aliphatic rings. The molecule has 1 aromatic carbocycles. The summed E-state index contributed by atoms with van der Waals surface area (Å²) < 4.78 is 35.3. The van der Waals surface area contributed by atoms with Crippen LogP contribution < -0.4 is 5.73 Å². The van der Waals surface area contributed by atoms with Gasteiger partial charge in [0.25, 0.3) is 0 Å². The van der Waals surface area contributed by atoms with Gasteiger partial charge in [0, 0.05) is 18.4 Å². The molecule has 13 heavy (non-hydrogen) atoms. The average Bonchev–Trinajstić information content (AvgIpc) is 2.02. The van der Waals surface area contributed by atoms with Crippen molar-refractivity contribution in [1.82, 2.24) is 0 Å². The van der Waals surface area contributed by atoms with Crippen molar-refractivity contribution in [3.63, 3.8) is 0 Å². The number of rotatable bonds is 2. The second-order valence-electron chi connectivity index (χ2n) is 2.69. The Kier molecular flexibility index (Phi) is 2.68. The summed E-state index contributed by atoms with van der Waals surface area (Å²) in [4.78, 5) is -0.0324. The number of hydrogen-bond acceptors (Lipinski definition) is 3. The molecular formula is C8H10FNO2S. The van der Waals surface area contributed by atoms with E-state index in [0.717, 1.165) is 6.26 Å². The molecule has 0 radical (unpaired) electrons. The third-order valence-electron chi connectivity index (χ3n) is 1.68. The van der Waals surface area contributed by atoms with Crippen LogP contribution in [0.25, 0.3) is 0 Å². The van der Waals surface area contributed by atoms with Gasteiger partial charge in [0.15, 0.2) is 9.84 Å². The fraction of sp³-hybridized carbons (Fsp3) is 0.250. The topological polar surface area (TPSA) is 60.2 Å². The Morgan fingerprint density at radius 2 is 2.08 bits per heavy atom. The molecule has 0 bridgehead atoms. The molecule has 0 amide bonds. The first-order valence-electron chi connectivity index (χ1n) is 3.64. The molecule has 0 saturated heterocycles. The molecule has 0 heterocycles. The molecule has 0 aromatic heterocycles. The number of halogens is 1. The predicted molar refractivity (Wildman–Crippen MR) is 47.4 cm³/mol. The summed E-state index contributed by atoms with van der Waals surface area (Å²) >= 11 is 0. The lowest BCUT2D eigenvalue weighted by Gasteiger charge is -2.05. The standard InChI is InChI=1S/C8H10FNO2S/c1-13(11,12)8-4-2-3-7(9)6(8)5-10/h2-4H,5,10H2,1H3. The lowest BCUT2D eigenvalue weighted by atomic mass is 10.2. The van der Waals surface area contributed by atoms with E-state index in [9.17, 15) is 12.8 Å². The summed E-state index contributed by atoms with van der Waals surface area (Å²) in [5.74, 6) is -0.578. The molecule has 1 aromatic rings. The normalized spacial score (nSPS) is 11.6. The number of benzene rings is 1. The van der Waals surface area contributed by atoms with E-state index in [1.807, 2.05) is 0 Å². The van der Waals surface area contributed by atoms with Crippen molar-refractivity contribution in [2.45, 2.75) is 11.4 Å². The molecule has 0 unspecified atom stereocenters. The van der Waals surface area contributed by atoms with Crippen LogP contribution in [0.4, 0.5) is 4.39 Å². The van der Waals surface area contributed by atoms with Crippen molar-refractivity contribution in [2.75, 3.05) is 6.26 Å². The summed E-state index contributed by atoms with van der Waals surface area (Å²) in [6.45, 7) is -0.116. The Balaban J connectivity index is 3.47. The predicted octanol–water partition coefficient (Wildman–Crippen LogP) is 0.688. The average molecular weight is 203 g/mol. The molecule has 0 saturated carbocycles. The molecule has 0 spiro atoms. The van der Waals surface area contributed by atoms with Gasteiger partial charge < -0.3 is 5.73 Å². The van der Waals surface area contributed by atoms with Gasteiger partial charge in [-0.1, -0.05) is 6.07 Å². The van der Waals surface area contributed by atoms with Crippen molar-refractivity contribution in [3.8, 4) is 0 Å². The van der Waals surface area contributed by atoms with Gasteiger partial charge in [-0.2, -0.15) is 0 Å². The van der Waals surface area contributed by atoms with E-state index in [-0.39, 0.29) is 17.0 Å². The van der Waals surface area contributed by atoms with Crippen LogP contribution in [0.2, 0.25) is 0 Å². The molecule has 72 valence electrons. The Morgan fingerprint density at radius 1 is 1.46 bits per heavy atom. The van der Waals surface area contributed by atoms with E-state index in [2.05, 4.69) is 0 Å². The van der Waals surface area contributed by atoms with Crippen molar-refractivity contribution in [2.24, 2.45) is 5.73 Å². The Morgan fingerprint density at radius 3 is 2.46 bits per heavy atom. The van der Waals surface area contributed by atoms with Crippen LogP contribution in [0.15, 0.2) is 23.1 Å². The highest BCUT2D eigenvalue weighted by Gasteiger charge is 2.14. The summed E-state index contributed by atoms with van der Waals surface area (Å²) in [6.07, 6.45) is 1.03. The van der Waals surface area contributed by atoms with Gasteiger partial charge in [-0.05, 0) is 12.1 Å². The lowest BCUT2D eigenvalue weighted by molar-refractivity contribution is 0.586. The zero-order valence-electron chi connectivity index (χ0n) is 7.12. The van der Waals surface area contributed by atoms with Gasteiger partial charge in [-0.3, -0.25) is 0 Å². The highest BCUT2D eigenvalue weighted by Crippen LogP contribution is 2.17. The fourth-order valence-corrected chi connectivity index (χ4v) is 2.04. The van der Waals surface area contributed by atoms with Gasteiger partial charge in [-0.15, -0.1) is 0 Å². The van der Waals surface area contributed by atoms with Gasteiger partial charge in [0.2, 0.25) is 0 Å². The SMILES string of the molecule is CS(=O)(=O)c1cccc(F)c1CN. The van der Waals surface area contributed by atoms with E-state index in [1.54, 1.807) is 0 Å². The maximum absolute atomic E-state index is 13.0. The molecule has 0 atom stereocenters. The fourth-order valence-electron chi connectivity index (χ4n) is 1.08. The van der Waals surface area contributed by atoms with E-state index < -0.39 is 15.7 Å². The van der Waals surface area contributed by atoms with Crippen LogP contribution in [0.1, 0.15) is 5.56 Å². The van der Waals surface area contributed by atoms with Gasteiger partial charge in [-0.25, -0.2) is 12.8 Å². The van der Waals surface area contributed by atoms with E-state index in [1.165, 1.54) is 18.2 Å². The van der Waals surface area contributed by atoms with Crippen molar-refractivity contribution in [3.05, 3.63) is 29.6 Å². The van der Waals surface area contributed by atoms with E-state index in [4.69, 9.17) is 5.73 Å². The Bertz CT molecular complexity index is 414. The molecule has 0 aliphatic heterocycles. The van der Waals surface area contributed by atoms with Crippen LogP contribution in [0, 0.1) is 5.82 Å². The maximum atomic E-state index is 13.0. The summed E-state index contributed by atoms with van der Waals surface area (Å²) in [7, 11) is -3.39. The molecule has 2 N–H and O–H groups in total. The first-order valence-corrected chi connectivity index (χ1v) is 5.53. The van der Waals surface area contributed by atoms with Crippen LogP contribution >= 0.6 is 0 Å². The number of sulfone groups is 1. The third-order valence-corrected chi connectivity index (χ3v) is 2.86. The summed E-state index contributed by atoms with van der Waals surface area (Å²) in [5, 5.41) is 0. The molecule has 5 heteroatoms. The largest absolute Gasteiger partial charge is 0.326 e. The molecule has 3 nitrogen and oxygen atoms in total. The molecule has 1 rings (SSSR count). The zero-order chi connectivity index (χ0) is 10.1. The van der Waals surface area contributed by atoms with E-state index >= 15 is 0 Å². The molecular weight excluding hydrogens is 193 g/mol.